The van der Waals surface area contributed by atoms with Gasteiger partial charge in [0.1, 0.15) is 5.69 Å². The molecule has 0 amide bonds. The highest BCUT2D eigenvalue weighted by Gasteiger charge is 2.15. The van der Waals surface area contributed by atoms with Crippen molar-refractivity contribution in [3.05, 3.63) is 137 Å². The topological polar surface area (TPSA) is 27.6 Å². The van der Waals surface area contributed by atoms with E-state index in [4.69, 9.17) is 0 Å². The van der Waals surface area contributed by atoms with E-state index in [1.54, 1.807) is 0 Å². The Hall–Kier alpha value is -3.16. The van der Waals surface area contributed by atoms with Gasteiger partial charge in [0, 0.05) is 12.0 Å². The number of benzene rings is 4. The summed E-state index contributed by atoms with van der Waals surface area (Å²) in [6.45, 7) is 0. The van der Waals surface area contributed by atoms with Crippen molar-refractivity contribution in [1.82, 2.24) is 0 Å². The molecule has 4 aromatic rings. The second kappa shape index (κ2) is 8.69. The van der Waals surface area contributed by atoms with Crippen molar-refractivity contribution >= 4 is 5.69 Å². The molecule has 0 aliphatic rings. The third-order valence-electron chi connectivity index (χ3n) is 5.31. The average Bonchev–Trinajstić information content (AvgIpc) is 2.75. The molecule has 0 heterocycles. The standard InChI is InChI=1S/C27H25N/c28-27-17-16-24(18-21-10-4-1-5-11-21)25(19-22-12-6-2-7-13-22)26(27)20-23-14-8-3-9-15-23/h1-17H,18-20,28H2/p+1. The predicted octanol–water partition coefficient (Wildman–Crippen LogP) is 5.33. The van der Waals surface area contributed by atoms with Crippen LogP contribution in [0.4, 0.5) is 5.69 Å². The number of hydrogen-bond donors (Lipinski definition) is 1. The zero-order valence-corrected chi connectivity index (χ0v) is 16.1. The summed E-state index contributed by atoms with van der Waals surface area (Å²) in [7, 11) is 0. The molecule has 0 atom stereocenters. The van der Waals surface area contributed by atoms with Crippen LogP contribution in [0.1, 0.15) is 33.4 Å². The van der Waals surface area contributed by atoms with Gasteiger partial charge in [-0.15, -0.1) is 0 Å². The first-order valence-electron chi connectivity index (χ1n) is 9.87. The van der Waals surface area contributed by atoms with Crippen molar-refractivity contribution < 1.29 is 5.73 Å². The van der Waals surface area contributed by atoms with Crippen LogP contribution in [-0.2, 0) is 19.3 Å². The lowest BCUT2D eigenvalue weighted by Gasteiger charge is -2.17. The molecule has 28 heavy (non-hydrogen) atoms. The largest absolute Gasteiger partial charge is 0.325 e. The van der Waals surface area contributed by atoms with Gasteiger partial charge in [-0.05, 0) is 46.7 Å². The Bertz CT molecular complexity index is 1020. The molecule has 0 unspecified atom stereocenters. The Kier molecular flexibility index (Phi) is 5.65. The second-order valence-electron chi connectivity index (χ2n) is 7.33. The molecule has 0 saturated heterocycles. The summed E-state index contributed by atoms with van der Waals surface area (Å²) in [4.78, 5) is 0. The van der Waals surface area contributed by atoms with Crippen molar-refractivity contribution in [3.63, 3.8) is 0 Å². The molecular formula is C27H26N+. The Balaban J connectivity index is 1.77. The van der Waals surface area contributed by atoms with Gasteiger partial charge in [0.15, 0.2) is 0 Å². The molecule has 1 nitrogen and oxygen atoms in total. The van der Waals surface area contributed by atoms with Crippen LogP contribution in [-0.4, -0.2) is 0 Å². The molecule has 0 aliphatic heterocycles. The van der Waals surface area contributed by atoms with E-state index in [1.165, 1.54) is 33.4 Å². The maximum Gasteiger partial charge on any atom is 0.131 e. The highest BCUT2D eigenvalue weighted by atomic mass is 14.6. The smallest absolute Gasteiger partial charge is 0.131 e. The van der Waals surface area contributed by atoms with E-state index < -0.39 is 0 Å². The van der Waals surface area contributed by atoms with Crippen LogP contribution in [0, 0.1) is 0 Å². The first-order chi connectivity index (χ1) is 13.8. The molecule has 4 rings (SSSR count). The second-order valence-corrected chi connectivity index (χ2v) is 7.33. The first kappa shape index (κ1) is 18.2. The Morgan fingerprint density at radius 3 is 1.36 bits per heavy atom. The zero-order chi connectivity index (χ0) is 19.2. The molecule has 4 aromatic carbocycles. The molecule has 0 fully saturated rings. The molecule has 1 heteroatoms. The summed E-state index contributed by atoms with van der Waals surface area (Å²) in [6, 6.07) is 36.7. The van der Waals surface area contributed by atoms with E-state index in [-0.39, 0.29) is 0 Å². The van der Waals surface area contributed by atoms with Crippen molar-refractivity contribution in [1.29, 1.82) is 0 Å². The number of rotatable bonds is 6. The van der Waals surface area contributed by atoms with E-state index in [2.05, 4.69) is 109 Å². The summed E-state index contributed by atoms with van der Waals surface area (Å²) in [5.41, 5.74) is 13.7. The van der Waals surface area contributed by atoms with Gasteiger partial charge in [0.25, 0.3) is 0 Å². The van der Waals surface area contributed by atoms with Crippen LogP contribution in [0.3, 0.4) is 0 Å². The number of hydrogen-bond acceptors (Lipinski definition) is 0. The number of quaternary nitrogens is 1. The summed E-state index contributed by atoms with van der Waals surface area (Å²) < 4.78 is 0. The van der Waals surface area contributed by atoms with Crippen molar-refractivity contribution in [2.45, 2.75) is 19.3 Å². The van der Waals surface area contributed by atoms with Crippen LogP contribution in [0.5, 0.6) is 0 Å². The lowest BCUT2D eigenvalue weighted by molar-refractivity contribution is -0.255. The quantitative estimate of drug-likeness (QED) is 0.479. The van der Waals surface area contributed by atoms with Crippen LogP contribution >= 0.6 is 0 Å². The zero-order valence-electron chi connectivity index (χ0n) is 16.1. The predicted molar refractivity (Wildman–Crippen MR) is 117 cm³/mol. The van der Waals surface area contributed by atoms with Gasteiger partial charge < -0.3 is 5.73 Å². The van der Waals surface area contributed by atoms with E-state index in [9.17, 15) is 0 Å². The van der Waals surface area contributed by atoms with Crippen LogP contribution < -0.4 is 5.73 Å². The molecule has 0 radical (unpaired) electrons. The van der Waals surface area contributed by atoms with E-state index in [0.29, 0.717) is 0 Å². The van der Waals surface area contributed by atoms with E-state index >= 15 is 0 Å². The molecular weight excluding hydrogens is 338 g/mol. The van der Waals surface area contributed by atoms with Gasteiger partial charge in [-0.2, -0.15) is 0 Å². The fourth-order valence-electron chi connectivity index (χ4n) is 3.81. The molecule has 0 bridgehead atoms. The molecule has 138 valence electrons. The summed E-state index contributed by atoms with van der Waals surface area (Å²) in [5.74, 6) is 0. The van der Waals surface area contributed by atoms with Gasteiger partial charge >= 0.3 is 0 Å². The molecule has 3 N–H and O–H groups in total. The Labute approximate surface area is 167 Å². The van der Waals surface area contributed by atoms with Gasteiger partial charge in [-0.3, -0.25) is 0 Å². The Morgan fingerprint density at radius 1 is 0.429 bits per heavy atom. The lowest BCUT2D eigenvalue weighted by Crippen LogP contribution is -2.42. The van der Waals surface area contributed by atoms with Crippen LogP contribution in [0.25, 0.3) is 0 Å². The fourth-order valence-corrected chi connectivity index (χ4v) is 3.81. The highest BCUT2D eigenvalue weighted by Crippen LogP contribution is 2.28. The van der Waals surface area contributed by atoms with Gasteiger partial charge in [-0.25, -0.2) is 0 Å². The van der Waals surface area contributed by atoms with Crippen molar-refractivity contribution in [2.24, 2.45) is 0 Å². The summed E-state index contributed by atoms with van der Waals surface area (Å²) >= 11 is 0. The minimum atomic E-state index is 0.921. The van der Waals surface area contributed by atoms with Crippen molar-refractivity contribution in [2.75, 3.05) is 0 Å². The third kappa shape index (κ3) is 4.39. The van der Waals surface area contributed by atoms with Crippen LogP contribution in [0.15, 0.2) is 103 Å². The molecule has 0 spiro atoms. The average molecular weight is 365 g/mol. The summed E-state index contributed by atoms with van der Waals surface area (Å²) in [6.07, 6.45) is 2.81. The third-order valence-corrected chi connectivity index (χ3v) is 5.31. The molecule has 0 aliphatic carbocycles. The first-order valence-corrected chi connectivity index (χ1v) is 9.87. The highest BCUT2D eigenvalue weighted by molar-refractivity contribution is 5.53. The lowest BCUT2D eigenvalue weighted by atomic mass is 9.88. The fraction of sp³-hybridized carbons (Fsp3) is 0.111. The normalized spacial score (nSPS) is 10.8. The maximum atomic E-state index is 4.37. The van der Waals surface area contributed by atoms with Crippen LogP contribution in [0.2, 0.25) is 0 Å². The Morgan fingerprint density at radius 2 is 0.857 bits per heavy atom. The van der Waals surface area contributed by atoms with Gasteiger partial charge in [0.2, 0.25) is 0 Å². The minimum Gasteiger partial charge on any atom is -0.325 e. The summed E-state index contributed by atoms with van der Waals surface area (Å²) in [5, 5.41) is 0. The van der Waals surface area contributed by atoms with Crippen molar-refractivity contribution in [3.8, 4) is 0 Å². The monoisotopic (exact) mass is 364 g/mol. The molecule has 0 saturated carbocycles. The SMILES string of the molecule is [NH3+]c1ccc(Cc2ccccc2)c(Cc2ccccc2)c1Cc1ccccc1. The van der Waals surface area contributed by atoms with Gasteiger partial charge in [-0.1, -0.05) is 97.1 Å². The van der Waals surface area contributed by atoms with E-state index in [1.807, 2.05) is 0 Å². The molecule has 0 aromatic heterocycles. The van der Waals surface area contributed by atoms with E-state index in [0.717, 1.165) is 24.9 Å². The van der Waals surface area contributed by atoms with Gasteiger partial charge in [0.05, 0.1) is 0 Å². The maximum absolute atomic E-state index is 4.37. The minimum absolute atomic E-state index is 0.921.